The Morgan fingerprint density at radius 3 is 2.67 bits per heavy atom. The average molecular weight is 246 g/mol. The summed E-state index contributed by atoms with van der Waals surface area (Å²) < 4.78 is 13.2. The average Bonchev–Trinajstić information content (AvgIpc) is 2.82. The molecule has 94 valence electrons. The minimum atomic E-state index is -0.635. The molecule has 18 heavy (non-hydrogen) atoms. The van der Waals surface area contributed by atoms with Crippen LogP contribution in [0.4, 0.5) is 4.39 Å². The fraction of sp³-hybridized carbons (Fsp3) is 0.214. The Labute approximate surface area is 105 Å². The van der Waals surface area contributed by atoms with E-state index in [4.69, 9.17) is 0 Å². The van der Waals surface area contributed by atoms with Crippen LogP contribution in [0.3, 0.4) is 0 Å². The van der Waals surface area contributed by atoms with Crippen molar-refractivity contribution in [2.24, 2.45) is 0 Å². The van der Waals surface area contributed by atoms with Gasteiger partial charge < -0.3 is 10.3 Å². The number of hydrogen-bond acceptors (Lipinski definition) is 1. The van der Waals surface area contributed by atoms with Crippen molar-refractivity contribution in [2.75, 3.05) is 0 Å². The van der Waals surface area contributed by atoms with Crippen molar-refractivity contribution in [1.82, 2.24) is 10.3 Å². The maximum atomic E-state index is 13.2. The Morgan fingerprint density at radius 1 is 1.28 bits per heavy atom. The van der Waals surface area contributed by atoms with Crippen LogP contribution in [0, 0.1) is 5.82 Å². The second-order valence-corrected chi connectivity index (χ2v) is 4.67. The summed E-state index contributed by atoms with van der Waals surface area (Å²) in [5, 5.41) is 2.87. The maximum Gasteiger partial charge on any atom is 0.268 e. The summed E-state index contributed by atoms with van der Waals surface area (Å²) in [6, 6.07) is 9.67. The molecular formula is C14H15FN2O. The first-order valence-electron chi connectivity index (χ1n) is 5.71. The van der Waals surface area contributed by atoms with Crippen LogP contribution in [-0.2, 0) is 5.54 Å². The highest BCUT2D eigenvalue weighted by Crippen LogP contribution is 2.21. The highest BCUT2D eigenvalue weighted by Gasteiger charge is 2.24. The zero-order valence-corrected chi connectivity index (χ0v) is 10.3. The van der Waals surface area contributed by atoms with Gasteiger partial charge in [-0.1, -0.05) is 12.1 Å². The van der Waals surface area contributed by atoms with E-state index < -0.39 is 5.54 Å². The number of carbonyl (C=O) groups is 1. The summed E-state index contributed by atoms with van der Waals surface area (Å²) >= 11 is 0. The van der Waals surface area contributed by atoms with E-state index >= 15 is 0 Å². The number of H-pyrrole nitrogens is 1. The SMILES string of the molecule is CC(C)(NC(=O)c1ccc[nH]1)c1cccc(F)c1. The van der Waals surface area contributed by atoms with E-state index in [0.29, 0.717) is 5.69 Å². The summed E-state index contributed by atoms with van der Waals surface area (Å²) in [6.07, 6.45) is 1.68. The zero-order chi connectivity index (χ0) is 13.2. The quantitative estimate of drug-likeness (QED) is 0.859. The van der Waals surface area contributed by atoms with Gasteiger partial charge in [0, 0.05) is 6.20 Å². The molecule has 0 radical (unpaired) electrons. The van der Waals surface area contributed by atoms with E-state index in [0.717, 1.165) is 5.56 Å². The molecule has 1 aromatic carbocycles. The van der Waals surface area contributed by atoms with Gasteiger partial charge in [-0.15, -0.1) is 0 Å². The third-order valence-electron chi connectivity index (χ3n) is 2.81. The zero-order valence-electron chi connectivity index (χ0n) is 10.3. The minimum Gasteiger partial charge on any atom is -0.357 e. The molecule has 1 heterocycles. The van der Waals surface area contributed by atoms with Gasteiger partial charge in [0.15, 0.2) is 0 Å². The predicted molar refractivity (Wildman–Crippen MR) is 67.7 cm³/mol. The molecule has 2 rings (SSSR count). The van der Waals surface area contributed by atoms with Crippen molar-refractivity contribution < 1.29 is 9.18 Å². The van der Waals surface area contributed by atoms with Gasteiger partial charge in [0.25, 0.3) is 5.91 Å². The van der Waals surface area contributed by atoms with E-state index in [9.17, 15) is 9.18 Å². The molecular weight excluding hydrogens is 231 g/mol. The lowest BCUT2D eigenvalue weighted by molar-refractivity contribution is 0.0907. The largest absolute Gasteiger partial charge is 0.357 e. The summed E-state index contributed by atoms with van der Waals surface area (Å²) in [4.78, 5) is 14.8. The Bertz CT molecular complexity index is 547. The molecule has 1 amide bonds. The van der Waals surface area contributed by atoms with E-state index in [1.165, 1.54) is 12.1 Å². The maximum absolute atomic E-state index is 13.2. The first-order valence-corrected chi connectivity index (χ1v) is 5.71. The molecule has 0 saturated carbocycles. The fourth-order valence-corrected chi connectivity index (χ4v) is 1.77. The van der Waals surface area contributed by atoms with E-state index in [2.05, 4.69) is 10.3 Å². The lowest BCUT2D eigenvalue weighted by Crippen LogP contribution is -2.41. The Balaban J connectivity index is 2.19. The molecule has 0 saturated heterocycles. The second kappa shape index (κ2) is 4.64. The number of carbonyl (C=O) groups excluding carboxylic acids is 1. The van der Waals surface area contributed by atoms with Crippen molar-refractivity contribution in [2.45, 2.75) is 19.4 Å². The Kier molecular flexibility index (Phi) is 3.19. The van der Waals surface area contributed by atoms with Crippen LogP contribution in [0.5, 0.6) is 0 Å². The first kappa shape index (κ1) is 12.4. The Morgan fingerprint density at radius 2 is 2.06 bits per heavy atom. The topological polar surface area (TPSA) is 44.9 Å². The smallest absolute Gasteiger partial charge is 0.268 e. The van der Waals surface area contributed by atoms with Gasteiger partial charge in [0.1, 0.15) is 11.5 Å². The number of rotatable bonds is 3. The summed E-state index contributed by atoms with van der Waals surface area (Å²) in [5.41, 5.74) is 0.575. The molecule has 0 fully saturated rings. The van der Waals surface area contributed by atoms with Gasteiger partial charge in [-0.2, -0.15) is 0 Å². The molecule has 0 aliphatic heterocycles. The lowest BCUT2D eigenvalue weighted by Gasteiger charge is -2.26. The molecule has 0 aliphatic rings. The van der Waals surface area contributed by atoms with Crippen LogP contribution in [0.15, 0.2) is 42.6 Å². The minimum absolute atomic E-state index is 0.214. The third-order valence-corrected chi connectivity index (χ3v) is 2.81. The van der Waals surface area contributed by atoms with Crippen molar-refractivity contribution in [3.05, 3.63) is 59.7 Å². The highest BCUT2D eigenvalue weighted by molar-refractivity contribution is 5.92. The van der Waals surface area contributed by atoms with E-state index in [-0.39, 0.29) is 11.7 Å². The summed E-state index contributed by atoms with van der Waals surface area (Å²) in [6.45, 7) is 3.67. The number of aromatic amines is 1. The number of aromatic nitrogens is 1. The normalized spacial score (nSPS) is 11.3. The predicted octanol–water partition coefficient (Wildman–Crippen LogP) is 2.82. The van der Waals surface area contributed by atoms with Gasteiger partial charge in [-0.3, -0.25) is 4.79 Å². The van der Waals surface area contributed by atoms with Crippen LogP contribution in [0.1, 0.15) is 29.9 Å². The summed E-state index contributed by atoms with van der Waals surface area (Å²) in [7, 11) is 0. The van der Waals surface area contributed by atoms with Crippen molar-refractivity contribution in [1.29, 1.82) is 0 Å². The van der Waals surface area contributed by atoms with Gasteiger partial charge >= 0.3 is 0 Å². The first-order chi connectivity index (χ1) is 8.49. The number of amides is 1. The van der Waals surface area contributed by atoms with E-state index in [1.54, 1.807) is 30.5 Å². The molecule has 3 nitrogen and oxygen atoms in total. The van der Waals surface area contributed by atoms with Gasteiger partial charge in [-0.25, -0.2) is 4.39 Å². The molecule has 2 N–H and O–H groups in total. The van der Waals surface area contributed by atoms with Crippen molar-refractivity contribution in [3.63, 3.8) is 0 Å². The molecule has 0 spiro atoms. The monoisotopic (exact) mass is 246 g/mol. The number of halogens is 1. The lowest BCUT2D eigenvalue weighted by atomic mass is 9.94. The second-order valence-electron chi connectivity index (χ2n) is 4.67. The molecule has 0 atom stereocenters. The molecule has 0 aliphatic carbocycles. The Hall–Kier alpha value is -2.10. The molecule has 0 unspecified atom stereocenters. The van der Waals surface area contributed by atoms with Crippen molar-refractivity contribution >= 4 is 5.91 Å². The summed E-state index contributed by atoms with van der Waals surface area (Å²) in [5.74, 6) is -0.524. The van der Waals surface area contributed by atoms with Gasteiger partial charge in [-0.05, 0) is 43.7 Å². The standard InChI is InChI=1S/C14H15FN2O/c1-14(2,10-5-3-6-11(15)9-10)17-13(18)12-7-4-8-16-12/h3-9,16H,1-2H3,(H,17,18). The highest BCUT2D eigenvalue weighted by atomic mass is 19.1. The molecule has 1 aromatic heterocycles. The van der Waals surface area contributed by atoms with Crippen LogP contribution >= 0.6 is 0 Å². The van der Waals surface area contributed by atoms with Crippen LogP contribution in [0.2, 0.25) is 0 Å². The molecule has 0 bridgehead atoms. The number of nitrogens with one attached hydrogen (secondary N) is 2. The molecule has 2 aromatic rings. The van der Waals surface area contributed by atoms with Crippen LogP contribution < -0.4 is 5.32 Å². The van der Waals surface area contributed by atoms with Crippen LogP contribution in [0.25, 0.3) is 0 Å². The number of hydrogen-bond donors (Lipinski definition) is 2. The van der Waals surface area contributed by atoms with Crippen molar-refractivity contribution in [3.8, 4) is 0 Å². The third kappa shape index (κ3) is 2.59. The van der Waals surface area contributed by atoms with Gasteiger partial charge in [0.2, 0.25) is 0 Å². The van der Waals surface area contributed by atoms with Crippen LogP contribution in [-0.4, -0.2) is 10.9 Å². The van der Waals surface area contributed by atoms with Gasteiger partial charge in [0.05, 0.1) is 5.54 Å². The fourth-order valence-electron chi connectivity index (χ4n) is 1.77. The number of benzene rings is 1. The van der Waals surface area contributed by atoms with E-state index in [1.807, 2.05) is 13.8 Å². The molecule has 4 heteroatoms.